The molecule has 1 saturated carbocycles. The predicted octanol–water partition coefficient (Wildman–Crippen LogP) is 4.50. The molecule has 3 atom stereocenters. The number of carbonyl (C=O) groups is 3. The Hall–Kier alpha value is -3.10. The highest BCUT2D eigenvalue weighted by atomic mass is 35.5. The fraction of sp³-hybridized carbons (Fsp3) is 0.545. The van der Waals surface area contributed by atoms with Gasteiger partial charge in [-0.05, 0) is 66.8 Å². The lowest BCUT2D eigenvalue weighted by atomic mass is 9.93. The molecule has 0 saturated heterocycles. The van der Waals surface area contributed by atoms with Gasteiger partial charge in [0.2, 0.25) is 17.7 Å². The number of hydrogen-bond donors (Lipinski definition) is 4. The Bertz CT molecular complexity index is 1230. The van der Waals surface area contributed by atoms with Crippen LogP contribution in [0.4, 0.5) is 0 Å². The van der Waals surface area contributed by atoms with Crippen molar-refractivity contribution in [3.63, 3.8) is 0 Å². The Balaban J connectivity index is 1.63. The molecule has 1 aliphatic heterocycles. The first kappa shape index (κ1) is 31.8. The summed E-state index contributed by atoms with van der Waals surface area (Å²) in [5.41, 5.74) is 0.850. The number of nitrogens with one attached hydrogen (secondary N) is 4. The molecule has 4 rings (SSSR count). The maximum Gasteiger partial charge on any atom is 0.246 e. The maximum absolute atomic E-state index is 13.9. The van der Waals surface area contributed by atoms with Crippen molar-refractivity contribution in [3.05, 3.63) is 64.7 Å². The fourth-order valence-electron chi connectivity index (χ4n) is 5.97. The number of ether oxygens (including phenoxy) is 1. The van der Waals surface area contributed by atoms with Crippen LogP contribution in [-0.4, -0.2) is 55.0 Å². The lowest BCUT2D eigenvalue weighted by Crippen LogP contribution is -2.63. The van der Waals surface area contributed by atoms with Gasteiger partial charge in [0, 0.05) is 24.5 Å². The van der Waals surface area contributed by atoms with Gasteiger partial charge in [-0.1, -0.05) is 75.5 Å². The number of hydrogen-bond acceptors (Lipinski definition) is 5. The van der Waals surface area contributed by atoms with Gasteiger partial charge in [0.25, 0.3) is 0 Å². The minimum absolute atomic E-state index is 0.135. The van der Waals surface area contributed by atoms with Gasteiger partial charge < -0.3 is 26.0 Å². The van der Waals surface area contributed by atoms with Gasteiger partial charge in [0.05, 0.1) is 6.04 Å². The number of fused-ring (bicyclic) bond motifs is 1. The van der Waals surface area contributed by atoms with Crippen molar-refractivity contribution in [2.24, 2.45) is 5.92 Å². The Morgan fingerprint density at radius 2 is 1.74 bits per heavy atom. The van der Waals surface area contributed by atoms with E-state index < -0.39 is 17.6 Å². The molecule has 1 spiro atoms. The highest BCUT2D eigenvalue weighted by molar-refractivity contribution is 6.30. The van der Waals surface area contributed by atoms with Gasteiger partial charge >= 0.3 is 0 Å². The minimum Gasteiger partial charge on any atom is -0.492 e. The molecule has 1 aliphatic carbocycles. The summed E-state index contributed by atoms with van der Waals surface area (Å²) in [6.07, 6.45) is 4.32. The van der Waals surface area contributed by atoms with E-state index in [9.17, 15) is 14.4 Å². The summed E-state index contributed by atoms with van der Waals surface area (Å²) in [5, 5.41) is 13.1. The van der Waals surface area contributed by atoms with Crippen molar-refractivity contribution in [2.45, 2.75) is 89.3 Å². The van der Waals surface area contributed by atoms with Gasteiger partial charge in [-0.2, -0.15) is 0 Å². The summed E-state index contributed by atoms with van der Waals surface area (Å²) in [6, 6.07) is 14.0. The Labute approximate surface area is 254 Å². The van der Waals surface area contributed by atoms with Gasteiger partial charge in [-0.15, -0.1) is 0 Å². The quantitative estimate of drug-likeness (QED) is 0.416. The zero-order valence-corrected chi connectivity index (χ0v) is 25.8. The van der Waals surface area contributed by atoms with Crippen LogP contribution in [0, 0.1) is 5.92 Å². The zero-order chi connectivity index (χ0) is 30.1. The average Bonchev–Trinajstić information content (AvgIpc) is 3.43. The number of para-hydroxylation sites is 1. The summed E-state index contributed by atoms with van der Waals surface area (Å²) < 4.78 is 6.16. The standard InChI is InChI=1S/C33H45ClN4O4/c1-22(2)19-27-31(40)38-33(14-6-7-15-33)32(41)37-28(21-24-9-8-10-25(34)20-24)30(39)36-16-13-23(3)26-11-4-5-12-29(26)42-18-17-35-27/h4-5,8-12,20,22-23,27-28,35H,6-7,13-19,21H2,1-3H3,(H,36,39)(H,37,41)(H,38,40)/t23?,27-,28-/m0/s1. The Morgan fingerprint density at radius 1 is 0.976 bits per heavy atom. The molecule has 0 bridgehead atoms. The van der Waals surface area contributed by atoms with E-state index in [4.69, 9.17) is 16.3 Å². The van der Waals surface area contributed by atoms with Gasteiger partial charge in [-0.25, -0.2) is 0 Å². The van der Waals surface area contributed by atoms with E-state index >= 15 is 0 Å². The van der Waals surface area contributed by atoms with Crippen LogP contribution in [0.15, 0.2) is 48.5 Å². The van der Waals surface area contributed by atoms with E-state index in [1.54, 1.807) is 12.1 Å². The molecule has 4 N–H and O–H groups in total. The van der Waals surface area contributed by atoms with Crippen molar-refractivity contribution in [1.82, 2.24) is 21.3 Å². The second-order valence-electron chi connectivity index (χ2n) is 12.1. The van der Waals surface area contributed by atoms with E-state index in [1.165, 1.54) is 0 Å². The smallest absolute Gasteiger partial charge is 0.246 e. The summed E-state index contributed by atoms with van der Waals surface area (Å²) in [4.78, 5) is 41.2. The van der Waals surface area contributed by atoms with Crippen LogP contribution >= 0.6 is 11.6 Å². The predicted molar refractivity (Wildman–Crippen MR) is 166 cm³/mol. The molecule has 9 heteroatoms. The Kier molecular flexibility index (Phi) is 11.3. The first-order valence-electron chi connectivity index (χ1n) is 15.3. The third-order valence-corrected chi connectivity index (χ3v) is 8.54. The Morgan fingerprint density at radius 3 is 2.48 bits per heavy atom. The van der Waals surface area contributed by atoms with Gasteiger partial charge in [0.1, 0.15) is 23.9 Å². The second kappa shape index (κ2) is 14.9. The molecular weight excluding hydrogens is 552 g/mol. The van der Waals surface area contributed by atoms with Crippen LogP contribution in [0.3, 0.4) is 0 Å². The highest BCUT2D eigenvalue weighted by Gasteiger charge is 2.44. The molecule has 2 aromatic carbocycles. The van der Waals surface area contributed by atoms with Crippen LogP contribution in [0.2, 0.25) is 5.02 Å². The summed E-state index contributed by atoms with van der Waals surface area (Å²) in [5.74, 6) is 0.431. The van der Waals surface area contributed by atoms with E-state index in [2.05, 4.69) is 42.0 Å². The fourth-order valence-corrected chi connectivity index (χ4v) is 6.19. The first-order valence-corrected chi connectivity index (χ1v) is 15.6. The summed E-state index contributed by atoms with van der Waals surface area (Å²) in [6.45, 7) is 7.60. The highest BCUT2D eigenvalue weighted by Crippen LogP contribution is 2.31. The van der Waals surface area contributed by atoms with Gasteiger partial charge in [-0.3, -0.25) is 14.4 Å². The van der Waals surface area contributed by atoms with E-state index in [-0.39, 0.29) is 36.0 Å². The monoisotopic (exact) mass is 596 g/mol. The van der Waals surface area contributed by atoms with Crippen LogP contribution in [-0.2, 0) is 20.8 Å². The third-order valence-electron chi connectivity index (χ3n) is 8.31. The number of rotatable bonds is 4. The van der Waals surface area contributed by atoms with E-state index in [0.717, 1.165) is 29.7 Å². The van der Waals surface area contributed by atoms with Crippen LogP contribution in [0.1, 0.15) is 76.3 Å². The lowest BCUT2D eigenvalue weighted by Gasteiger charge is -2.33. The lowest BCUT2D eigenvalue weighted by molar-refractivity contribution is -0.136. The molecule has 1 heterocycles. The maximum atomic E-state index is 13.9. The second-order valence-corrected chi connectivity index (χ2v) is 12.6. The van der Waals surface area contributed by atoms with Crippen molar-refractivity contribution in [1.29, 1.82) is 0 Å². The zero-order valence-electron chi connectivity index (χ0n) is 25.0. The molecule has 8 nitrogen and oxygen atoms in total. The van der Waals surface area contributed by atoms with Crippen molar-refractivity contribution < 1.29 is 19.1 Å². The molecule has 42 heavy (non-hydrogen) atoms. The van der Waals surface area contributed by atoms with Crippen LogP contribution < -0.4 is 26.0 Å². The van der Waals surface area contributed by atoms with Gasteiger partial charge in [0.15, 0.2) is 0 Å². The molecular formula is C33H45ClN4O4. The number of benzene rings is 2. The first-order chi connectivity index (χ1) is 20.2. The molecule has 2 aliphatic rings. The minimum atomic E-state index is -1.06. The van der Waals surface area contributed by atoms with Crippen LogP contribution in [0.5, 0.6) is 5.75 Å². The summed E-state index contributed by atoms with van der Waals surface area (Å²) >= 11 is 6.23. The average molecular weight is 597 g/mol. The molecule has 1 fully saturated rings. The molecule has 0 aromatic heterocycles. The molecule has 1 unspecified atom stereocenters. The van der Waals surface area contributed by atoms with Crippen molar-refractivity contribution in [3.8, 4) is 5.75 Å². The van der Waals surface area contributed by atoms with E-state index in [1.807, 2.05) is 36.4 Å². The normalized spacial score (nSPS) is 24.1. The largest absolute Gasteiger partial charge is 0.492 e. The molecule has 0 radical (unpaired) electrons. The van der Waals surface area contributed by atoms with Crippen LogP contribution in [0.25, 0.3) is 0 Å². The van der Waals surface area contributed by atoms with Crippen molar-refractivity contribution >= 4 is 29.3 Å². The topological polar surface area (TPSA) is 109 Å². The molecule has 2 aromatic rings. The summed E-state index contributed by atoms with van der Waals surface area (Å²) in [7, 11) is 0. The molecule has 3 amide bonds. The third kappa shape index (κ3) is 8.48. The molecule has 228 valence electrons. The van der Waals surface area contributed by atoms with E-state index in [0.29, 0.717) is 50.4 Å². The number of halogens is 1. The number of amides is 3. The van der Waals surface area contributed by atoms with Crippen molar-refractivity contribution in [2.75, 3.05) is 19.7 Å². The number of carbonyl (C=O) groups excluding carboxylic acids is 3. The SMILES string of the molecule is CC(C)C[C@@H]1NCCOc2ccccc2C(C)CCNC(=O)[C@H](Cc2cccc(Cl)c2)NC(=O)C2(CCCC2)NC1=O.